The zero-order valence-corrected chi connectivity index (χ0v) is 5.26. The predicted molar refractivity (Wildman–Crippen MR) is 31.1 cm³/mol. The molecule has 0 aliphatic rings. The second-order valence-electron chi connectivity index (χ2n) is 2.59. The molecule has 1 atom stereocenters. The van der Waals surface area contributed by atoms with Crippen molar-refractivity contribution in [2.24, 2.45) is 11.1 Å². The molecule has 0 rings (SSSR count). The lowest BCUT2D eigenvalue weighted by atomic mass is 9.93. The monoisotopic (exact) mass is 119 g/mol. The van der Waals surface area contributed by atoms with Gasteiger partial charge >= 0.3 is 0 Å². The van der Waals surface area contributed by atoms with Crippen molar-refractivity contribution in [1.82, 2.24) is 0 Å². The molecule has 0 aliphatic heterocycles. The van der Waals surface area contributed by atoms with Crippen LogP contribution in [0.5, 0.6) is 0 Å². The molecule has 0 heterocycles. The van der Waals surface area contributed by atoms with Crippen molar-refractivity contribution in [3.05, 3.63) is 0 Å². The highest BCUT2D eigenvalue weighted by molar-refractivity contribution is 4.70. The van der Waals surface area contributed by atoms with Gasteiger partial charge in [-0.15, -0.1) is 0 Å². The van der Waals surface area contributed by atoms with Crippen molar-refractivity contribution >= 4 is 0 Å². The van der Waals surface area contributed by atoms with Crippen molar-refractivity contribution in [2.45, 2.75) is 20.1 Å². The van der Waals surface area contributed by atoms with Gasteiger partial charge < -0.3 is 15.9 Å². The summed E-state index contributed by atoms with van der Waals surface area (Å²) in [4.78, 5) is 0. The van der Waals surface area contributed by atoms with Crippen LogP contribution in [0.1, 0.15) is 13.8 Å². The molecular weight excluding hydrogens is 106 g/mol. The summed E-state index contributed by atoms with van der Waals surface area (Å²) in [5.41, 5.74) is 4.51. The normalized spacial score (nSPS) is 16.1. The average Bonchev–Trinajstić information content (AvgIpc) is 1.67. The van der Waals surface area contributed by atoms with E-state index in [0.29, 0.717) is 0 Å². The molecule has 0 aromatic rings. The topological polar surface area (TPSA) is 66.5 Å². The van der Waals surface area contributed by atoms with Crippen LogP contribution in [0.15, 0.2) is 0 Å². The lowest BCUT2D eigenvalue weighted by molar-refractivity contribution is 0.0123. The minimum atomic E-state index is -0.938. The number of nitrogens with two attached hydrogens (primary N) is 1. The van der Waals surface area contributed by atoms with Crippen molar-refractivity contribution in [3.8, 4) is 0 Å². The number of hydrogen-bond acceptors (Lipinski definition) is 3. The number of hydrogen-bond donors (Lipinski definition) is 3. The van der Waals surface area contributed by atoms with Crippen molar-refractivity contribution < 1.29 is 10.2 Å². The Bertz CT molecular complexity index is 70.8. The maximum atomic E-state index is 8.70. The van der Waals surface area contributed by atoms with E-state index >= 15 is 0 Å². The third-order valence-electron chi connectivity index (χ3n) is 1.21. The standard InChI is InChI=1S/C5H13NO2/c1-5(2,3-7)4(6)8/h4,7-8H,3,6H2,1-2H3. The van der Waals surface area contributed by atoms with Gasteiger partial charge in [0.1, 0.15) is 6.23 Å². The summed E-state index contributed by atoms with van der Waals surface area (Å²) in [5, 5.41) is 17.2. The zero-order valence-electron chi connectivity index (χ0n) is 5.26. The molecule has 50 valence electrons. The van der Waals surface area contributed by atoms with Gasteiger partial charge in [0.2, 0.25) is 0 Å². The molecule has 0 aromatic heterocycles. The highest BCUT2D eigenvalue weighted by Gasteiger charge is 2.22. The summed E-state index contributed by atoms with van der Waals surface area (Å²) >= 11 is 0. The van der Waals surface area contributed by atoms with Crippen LogP contribution in [0.3, 0.4) is 0 Å². The fourth-order valence-corrected chi connectivity index (χ4v) is 0.0935. The molecule has 3 nitrogen and oxygen atoms in total. The Hall–Kier alpha value is -0.120. The molecule has 0 saturated carbocycles. The van der Waals surface area contributed by atoms with Crippen LogP contribution >= 0.6 is 0 Å². The van der Waals surface area contributed by atoms with Gasteiger partial charge in [0.05, 0.1) is 6.61 Å². The van der Waals surface area contributed by atoms with Gasteiger partial charge in [0.25, 0.3) is 0 Å². The smallest absolute Gasteiger partial charge is 0.109 e. The Morgan fingerprint density at radius 1 is 1.62 bits per heavy atom. The Morgan fingerprint density at radius 2 is 2.00 bits per heavy atom. The van der Waals surface area contributed by atoms with E-state index in [-0.39, 0.29) is 6.61 Å². The third kappa shape index (κ3) is 1.78. The largest absolute Gasteiger partial charge is 0.396 e. The summed E-state index contributed by atoms with van der Waals surface area (Å²) in [6.45, 7) is 3.29. The third-order valence-corrected chi connectivity index (χ3v) is 1.21. The van der Waals surface area contributed by atoms with Gasteiger partial charge in [-0.2, -0.15) is 0 Å². The highest BCUT2D eigenvalue weighted by atomic mass is 16.3. The Morgan fingerprint density at radius 3 is 2.00 bits per heavy atom. The van der Waals surface area contributed by atoms with Gasteiger partial charge in [0, 0.05) is 5.41 Å². The van der Waals surface area contributed by atoms with Gasteiger partial charge in [-0.3, -0.25) is 0 Å². The summed E-state index contributed by atoms with van der Waals surface area (Å²) in [5.74, 6) is 0. The first-order valence-corrected chi connectivity index (χ1v) is 2.55. The van der Waals surface area contributed by atoms with E-state index in [1.165, 1.54) is 0 Å². The first-order chi connectivity index (χ1) is 3.50. The molecule has 0 saturated heterocycles. The second-order valence-corrected chi connectivity index (χ2v) is 2.59. The van der Waals surface area contributed by atoms with Crippen LogP contribution < -0.4 is 5.73 Å². The maximum absolute atomic E-state index is 8.70. The van der Waals surface area contributed by atoms with Gasteiger partial charge in [0.15, 0.2) is 0 Å². The first kappa shape index (κ1) is 7.88. The van der Waals surface area contributed by atoms with E-state index < -0.39 is 11.6 Å². The summed E-state index contributed by atoms with van der Waals surface area (Å²) in [7, 11) is 0. The van der Waals surface area contributed by atoms with E-state index in [0.717, 1.165) is 0 Å². The summed E-state index contributed by atoms with van der Waals surface area (Å²) in [6, 6.07) is 0. The molecule has 0 fully saturated rings. The predicted octanol–water partition coefficient (Wildman–Crippen LogP) is -0.718. The Labute approximate surface area is 49.1 Å². The van der Waals surface area contributed by atoms with E-state index in [4.69, 9.17) is 15.9 Å². The minimum absolute atomic E-state index is 0.0926. The Kier molecular flexibility index (Phi) is 2.40. The molecule has 0 aromatic carbocycles. The minimum Gasteiger partial charge on any atom is -0.396 e. The SMILES string of the molecule is CC(C)(CO)C(N)O. The molecule has 3 heteroatoms. The fourth-order valence-electron chi connectivity index (χ4n) is 0.0935. The molecule has 0 amide bonds. The zero-order chi connectivity index (χ0) is 6.78. The summed E-state index contributed by atoms with van der Waals surface area (Å²) in [6.07, 6.45) is -0.938. The van der Waals surface area contributed by atoms with Crippen LogP contribution in [0.2, 0.25) is 0 Å². The highest BCUT2D eigenvalue weighted by Crippen LogP contribution is 2.14. The van der Waals surface area contributed by atoms with Crippen LogP contribution in [0.25, 0.3) is 0 Å². The van der Waals surface area contributed by atoms with E-state index in [9.17, 15) is 0 Å². The number of aliphatic hydroxyl groups excluding tert-OH is 2. The van der Waals surface area contributed by atoms with E-state index in [2.05, 4.69) is 0 Å². The van der Waals surface area contributed by atoms with Crippen LogP contribution in [-0.4, -0.2) is 23.0 Å². The average molecular weight is 119 g/mol. The number of rotatable bonds is 2. The molecule has 0 spiro atoms. The van der Waals surface area contributed by atoms with Gasteiger partial charge in [-0.1, -0.05) is 13.8 Å². The van der Waals surface area contributed by atoms with E-state index in [1.807, 2.05) is 0 Å². The molecule has 0 bridgehead atoms. The van der Waals surface area contributed by atoms with Crippen LogP contribution in [0, 0.1) is 5.41 Å². The fraction of sp³-hybridized carbons (Fsp3) is 1.00. The molecule has 4 N–H and O–H groups in total. The summed E-state index contributed by atoms with van der Waals surface area (Å²) < 4.78 is 0. The molecule has 0 aliphatic carbocycles. The van der Waals surface area contributed by atoms with Crippen LogP contribution in [-0.2, 0) is 0 Å². The van der Waals surface area contributed by atoms with Crippen molar-refractivity contribution in [1.29, 1.82) is 0 Å². The maximum Gasteiger partial charge on any atom is 0.109 e. The lowest BCUT2D eigenvalue weighted by Gasteiger charge is -2.24. The molecule has 1 unspecified atom stereocenters. The van der Waals surface area contributed by atoms with E-state index in [1.54, 1.807) is 13.8 Å². The molecular formula is C5H13NO2. The number of aliphatic hydroxyl groups is 2. The lowest BCUT2D eigenvalue weighted by Crippen LogP contribution is -2.39. The van der Waals surface area contributed by atoms with Crippen LogP contribution in [0.4, 0.5) is 0 Å². The molecule has 0 radical (unpaired) electrons. The van der Waals surface area contributed by atoms with Gasteiger partial charge in [-0.25, -0.2) is 0 Å². The molecule has 8 heavy (non-hydrogen) atoms. The van der Waals surface area contributed by atoms with Gasteiger partial charge in [-0.05, 0) is 0 Å². The second kappa shape index (κ2) is 2.44. The first-order valence-electron chi connectivity index (χ1n) is 2.55. The van der Waals surface area contributed by atoms with Crippen molar-refractivity contribution in [3.63, 3.8) is 0 Å². The Balaban J connectivity index is 3.71. The van der Waals surface area contributed by atoms with Crippen molar-refractivity contribution in [2.75, 3.05) is 6.61 Å². The quantitative estimate of drug-likeness (QED) is 0.420.